The minimum atomic E-state index is -0.0951. The predicted molar refractivity (Wildman–Crippen MR) is 109 cm³/mol. The molecule has 0 spiro atoms. The van der Waals surface area contributed by atoms with Crippen LogP contribution in [0.25, 0.3) is 0 Å². The van der Waals surface area contributed by atoms with Gasteiger partial charge in [0, 0.05) is 17.0 Å². The van der Waals surface area contributed by atoms with Gasteiger partial charge < -0.3 is 5.32 Å². The van der Waals surface area contributed by atoms with E-state index in [2.05, 4.69) is 16.5 Å². The minimum Gasteiger partial charge on any atom is -0.376 e. The van der Waals surface area contributed by atoms with Gasteiger partial charge in [-0.1, -0.05) is 18.2 Å². The molecule has 0 radical (unpaired) electrons. The molecule has 0 bridgehead atoms. The van der Waals surface area contributed by atoms with Crippen LogP contribution in [0.1, 0.15) is 27.8 Å². The van der Waals surface area contributed by atoms with E-state index >= 15 is 0 Å². The summed E-state index contributed by atoms with van der Waals surface area (Å²) in [6.07, 6.45) is 0.719. The number of carbonyl (C=O) groups is 1. The summed E-state index contributed by atoms with van der Waals surface area (Å²) in [5.74, 6) is -0.0951. The third kappa shape index (κ3) is 3.77. The average Bonchev–Trinajstić information content (AvgIpc) is 3.46. The lowest BCUT2D eigenvalue weighted by Crippen LogP contribution is -2.31. The number of hydrogen-bond acceptors (Lipinski definition) is 6. The van der Waals surface area contributed by atoms with Crippen LogP contribution in [0.15, 0.2) is 64.4 Å². The number of nitrogens with one attached hydrogen (secondary N) is 1. The summed E-state index contributed by atoms with van der Waals surface area (Å²) in [6, 6.07) is 17.2. The van der Waals surface area contributed by atoms with Crippen molar-refractivity contribution in [2.24, 2.45) is 5.10 Å². The Morgan fingerprint density at radius 3 is 2.81 bits per heavy atom. The molecule has 27 heavy (non-hydrogen) atoms. The summed E-state index contributed by atoms with van der Waals surface area (Å²) in [4.78, 5) is 15.1. The van der Waals surface area contributed by atoms with Gasteiger partial charge in [-0.15, -0.1) is 22.7 Å². The molecule has 3 heterocycles. The van der Waals surface area contributed by atoms with Crippen molar-refractivity contribution in [2.45, 2.75) is 12.5 Å². The molecule has 1 aliphatic rings. The fourth-order valence-electron chi connectivity index (χ4n) is 2.99. The van der Waals surface area contributed by atoms with Crippen molar-refractivity contribution in [3.63, 3.8) is 0 Å². The molecular weight excluding hydrogens is 376 g/mol. The summed E-state index contributed by atoms with van der Waals surface area (Å²) in [7, 11) is 0. The maximum Gasteiger partial charge on any atom is 0.262 e. The van der Waals surface area contributed by atoms with Crippen LogP contribution in [0.3, 0.4) is 0 Å². The van der Waals surface area contributed by atoms with Gasteiger partial charge in [0.1, 0.15) is 0 Å². The van der Waals surface area contributed by atoms with E-state index < -0.39 is 0 Å². The molecule has 1 N–H and O–H groups in total. The Morgan fingerprint density at radius 1 is 1.22 bits per heavy atom. The van der Waals surface area contributed by atoms with Crippen LogP contribution >= 0.6 is 22.7 Å². The second kappa shape index (κ2) is 7.74. The molecule has 0 saturated carbocycles. The molecule has 1 amide bonds. The molecule has 3 aromatic rings. The topological polar surface area (TPSA) is 68.5 Å². The summed E-state index contributed by atoms with van der Waals surface area (Å²) < 4.78 is 0. The highest BCUT2D eigenvalue weighted by Gasteiger charge is 2.33. The van der Waals surface area contributed by atoms with E-state index in [-0.39, 0.29) is 18.5 Å². The molecule has 0 saturated heterocycles. The maximum absolute atomic E-state index is 12.9. The average molecular weight is 393 g/mol. The van der Waals surface area contributed by atoms with Gasteiger partial charge in [0.05, 0.1) is 34.8 Å². The zero-order valence-corrected chi connectivity index (χ0v) is 16.0. The van der Waals surface area contributed by atoms with Crippen LogP contribution in [0.2, 0.25) is 0 Å². The van der Waals surface area contributed by atoms with Crippen LogP contribution < -0.4 is 5.32 Å². The van der Waals surface area contributed by atoms with Crippen LogP contribution in [0, 0.1) is 11.3 Å². The van der Waals surface area contributed by atoms with Gasteiger partial charge in [-0.3, -0.25) is 4.79 Å². The highest BCUT2D eigenvalue weighted by atomic mass is 32.1. The van der Waals surface area contributed by atoms with Crippen molar-refractivity contribution in [1.29, 1.82) is 5.26 Å². The van der Waals surface area contributed by atoms with E-state index in [4.69, 9.17) is 5.26 Å². The maximum atomic E-state index is 12.9. The first kappa shape index (κ1) is 17.5. The normalized spacial score (nSPS) is 16.0. The van der Waals surface area contributed by atoms with Crippen molar-refractivity contribution in [3.8, 4) is 6.07 Å². The summed E-state index contributed by atoms with van der Waals surface area (Å²) >= 11 is 3.28. The fourth-order valence-corrected chi connectivity index (χ4v) is 4.52. The largest absolute Gasteiger partial charge is 0.376 e. The van der Waals surface area contributed by atoms with Crippen molar-refractivity contribution < 1.29 is 4.79 Å². The number of rotatable bonds is 5. The molecule has 7 heteroatoms. The number of thiophene rings is 2. The Balaban J connectivity index is 1.52. The monoisotopic (exact) mass is 392 g/mol. The van der Waals surface area contributed by atoms with E-state index in [0.29, 0.717) is 5.56 Å². The third-order valence-corrected chi connectivity index (χ3v) is 6.17. The standard InChI is InChI=1S/C20H16N4OS2/c21-12-14-4-1-5-15(10-14)22-13-20(25)24-17(19-7-3-9-27-19)11-16(23-24)18-6-2-8-26-18/h1-10,17,22H,11,13H2/t17-/m0/s1. The van der Waals surface area contributed by atoms with E-state index in [1.54, 1.807) is 45.9 Å². The number of carbonyl (C=O) groups excluding carboxylic acids is 1. The summed E-state index contributed by atoms with van der Waals surface area (Å²) in [5, 5.41) is 22.4. The number of nitriles is 1. The zero-order valence-electron chi connectivity index (χ0n) is 14.3. The van der Waals surface area contributed by atoms with Crippen LogP contribution in [0.4, 0.5) is 5.69 Å². The molecular formula is C20H16N4OS2. The smallest absolute Gasteiger partial charge is 0.262 e. The van der Waals surface area contributed by atoms with E-state index in [9.17, 15) is 4.79 Å². The fraction of sp³-hybridized carbons (Fsp3) is 0.150. The molecule has 2 aromatic heterocycles. The van der Waals surface area contributed by atoms with E-state index in [1.807, 2.05) is 41.1 Å². The number of hydrogen-bond donors (Lipinski definition) is 1. The SMILES string of the molecule is N#Cc1cccc(NCC(=O)N2N=C(c3cccs3)C[C@H]2c2cccs2)c1. The molecule has 1 atom stereocenters. The highest BCUT2D eigenvalue weighted by molar-refractivity contribution is 7.12. The number of anilines is 1. The molecule has 0 aliphatic carbocycles. The Labute approximate surface area is 165 Å². The van der Waals surface area contributed by atoms with Gasteiger partial charge in [-0.2, -0.15) is 10.4 Å². The van der Waals surface area contributed by atoms with Crippen LogP contribution in [-0.2, 0) is 4.79 Å². The molecule has 1 aromatic carbocycles. The lowest BCUT2D eigenvalue weighted by atomic mass is 10.1. The van der Waals surface area contributed by atoms with E-state index in [1.165, 1.54) is 0 Å². The first-order chi connectivity index (χ1) is 13.2. The Morgan fingerprint density at radius 2 is 2.07 bits per heavy atom. The first-order valence-corrected chi connectivity index (χ1v) is 10.2. The van der Waals surface area contributed by atoms with E-state index in [0.717, 1.165) is 27.6 Å². The Bertz CT molecular complexity index is 1000. The second-order valence-corrected chi connectivity index (χ2v) is 7.97. The number of benzene rings is 1. The van der Waals surface area contributed by atoms with Crippen molar-refractivity contribution >= 4 is 40.0 Å². The predicted octanol–water partition coefficient (Wildman–Crippen LogP) is 4.47. The molecule has 1 aliphatic heterocycles. The first-order valence-electron chi connectivity index (χ1n) is 8.45. The van der Waals surface area contributed by atoms with Gasteiger partial charge in [0.25, 0.3) is 5.91 Å². The molecule has 4 rings (SSSR count). The Hall–Kier alpha value is -2.95. The zero-order chi connectivity index (χ0) is 18.6. The van der Waals surface area contributed by atoms with Crippen LogP contribution in [0.5, 0.6) is 0 Å². The molecule has 134 valence electrons. The van der Waals surface area contributed by atoms with Gasteiger partial charge in [0.15, 0.2) is 0 Å². The minimum absolute atomic E-state index is 0.0677. The molecule has 5 nitrogen and oxygen atoms in total. The molecule has 0 fully saturated rings. The number of hydrazone groups is 1. The second-order valence-electron chi connectivity index (χ2n) is 6.04. The molecule has 0 unspecified atom stereocenters. The number of amides is 1. The summed E-state index contributed by atoms with van der Waals surface area (Å²) in [6.45, 7) is 0.123. The van der Waals surface area contributed by atoms with Gasteiger partial charge in [-0.25, -0.2) is 5.01 Å². The van der Waals surface area contributed by atoms with Crippen molar-refractivity contribution in [1.82, 2.24) is 5.01 Å². The Kier molecular flexibility index (Phi) is 5.01. The third-order valence-electron chi connectivity index (χ3n) is 4.28. The van der Waals surface area contributed by atoms with Crippen molar-refractivity contribution in [3.05, 3.63) is 74.6 Å². The van der Waals surface area contributed by atoms with Gasteiger partial charge >= 0.3 is 0 Å². The van der Waals surface area contributed by atoms with Crippen LogP contribution in [-0.4, -0.2) is 23.2 Å². The lowest BCUT2D eigenvalue weighted by Gasteiger charge is -2.21. The number of nitrogens with zero attached hydrogens (tertiary/aromatic N) is 3. The van der Waals surface area contributed by atoms with Gasteiger partial charge in [-0.05, 0) is 41.1 Å². The van der Waals surface area contributed by atoms with Crippen molar-refractivity contribution in [2.75, 3.05) is 11.9 Å². The highest BCUT2D eigenvalue weighted by Crippen LogP contribution is 2.35. The quantitative estimate of drug-likeness (QED) is 0.696. The lowest BCUT2D eigenvalue weighted by molar-refractivity contribution is -0.131. The summed E-state index contributed by atoms with van der Waals surface area (Å²) in [5.41, 5.74) is 2.25. The van der Waals surface area contributed by atoms with Gasteiger partial charge in [0.2, 0.25) is 0 Å².